The molecule has 0 saturated heterocycles. The Balaban J connectivity index is 2.41. The molecule has 1 rings (SSSR count). The van der Waals surface area contributed by atoms with Crippen molar-refractivity contribution in [2.45, 2.75) is 13.3 Å². The van der Waals surface area contributed by atoms with Crippen molar-refractivity contribution in [2.75, 3.05) is 6.54 Å². The molecular weight excluding hydrogens is 186 g/mol. The molecule has 0 aliphatic rings. The van der Waals surface area contributed by atoms with Gasteiger partial charge in [-0.15, -0.1) is 11.1 Å². The lowest BCUT2D eigenvalue weighted by atomic mass is 10.1. The number of hydrogen-bond acceptors (Lipinski definition) is 1. The summed E-state index contributed by atoms with van der Waals surface area (Å²) < 4.78 is 0. The highest BCUT2D eigenvalue weighted by atomic mass is 35.6. The van der Waals surface area contributed by atoms with E-state index in [0.29, 0.717) is 8.99 Å². The van der Waals surface area contributed by atoms with E-state index in [1.165, 1.54) is 11.1 Å². The molecule has 0 atom stereocenters. The summed E-state index contributed by atoms with van der Waals surface area (Å²) in [6, 6.07) is 8.55. The van der Waals surface area contributed by atoms with Crippen LogP contribution in [-0.4, -0.2) is 15.5 Å². The Hall–Kier alpha value is -0.313. The van der Waals surface area contributed by atoms with Crippen molar-refractivity contribution in [3.63, 3.8) is 0 Å². The minimum absolute atomic E-state index is 0.329. The van der Waals surface area contributed by atoms with E-state index in [4.69, 9.17) is 11.1 Å². The van der Waals surface area contributed by atoms with Gasteiger partial charge in [-0.05, 0) is 25.5 Å². The average molecular weight is 198 g/mol. The average Bonchev–Trinajstić information content (AvgIpc) is 2.05. The van der Waals surface area contributed by atoms with Gasteiger partial charge in [0.2, 0.25) is 0 Å². The second-order valence-corrected chi connectivity index (χ2v) is 3.87. The van der Waals surface area contributed by atoms with E-state index >= 15 is 0 Å². The predicted octanol–water partition coefficient (Wildman–Crippen LogP) is 1.90. The normalized spacial score (nSPS) is 10.2. The Morgan fingerprint density at radius 1 is 1.50 bits per heavy atom. The van der Waals surface area contributed by atoms with E-state index in [0.717, 1.165) is 13.0 Å². The van der Waals surface area contributed by atoms with Gasteiger partial charge in [-0.2, -0.15) is 0 Å². The first-order valence-electron chi connectivity index (χ1n) is 3.97. The standard InChI is InChI=1S/C9H12ClNSi/c1-8-3-2-4-9(7-8)5-6-11-12-10/h2-4,7,11H,5-6H2,1H3. The second kappa shape index (κ2) is 5.35. The van der Waals surface area contributed by atoms with Crippen molar-refractivity contribution < 1.29 is 0 Å². The summed E-state index contributed by atoms with van der Waals surface area (Å²) in [7, 11) is 0.329. The third-order valence-corrected chi connectivity index (χ3v) is 2.47. The van der Waals surface area contributed by atoms with Gasteiger partial charge in [0, 0.05) is 0 Å². The molecule has 12 heavy (non-hydrogen) atoms. The molecule has 0 aliphatic heterocycles. The van der Waals surface area contributed by atoms with Crippen LogP contribution in [0.25, 0.3) is 0 Å². The van der Waals surface area contributed by atoms with Crippen LogP contribution < -0.4 is 4.98 Å². The Morgan fingerprint density at radius 2 is 2.33 bits per heavy atom. The molecule has 3 heteroatoms. The molecule has 2 radical (unpaired) electrons. The fourth-order valence-corrected chi connectivity index (χ4v) is 1.62. The molecule has 1 nitrogen and oxygen atoms in total. The molecule has 0 aliphatic carbocycles. The van der Waals surface area contributed by atoms with E-state index < -0.39 is 0 Å². The van der Waals surface area contributed by atoms with Gasteiger partial charge >= 0.3 is 0 Å². The molecule has 0 saturated carbocycles. The van der Waals surface area contributed by atoms with Crippen molar-refractivity contribution in [1.29, 1.82) is 0 Å². The lowest BCUT2D eigenvalue weighted by Crippen LogP contribution is -2.17. The largest absolute Gasteiger partial charge is 0.326 e. The summed E-state index contributed by atoms with van der Waals surface area (Å²) >= 11 is 5.52. The Kier molecular flexibility index (Phi) is 4.36. The first kappa shape index (κ1) is 9.77. The molecule has 1 N–H and O–H groups in total. The summed E-state index contributed by atoms with van der Waals surface area (Å²) in [5, 5.41) is 0. The minimum atomic E-state index is 0.329. The zero-order chi connectivity index (χ0) is 8.81. The molecule has 0 heterocycles. The smallest absolute Gasteiger partial charge is 0.270 e. The van der Waals surface area contributed by atoms with Crippen molar-refractivity contribution >= 4 is 20.1 Å². The molecular formula is C9H12ClNSi. The van der Waals surface area contributed by atoms with Gasteiger partial charge < -0.3 is 4.98 Å². The Labute approximate surface area is 80.7 Å². The van der Waals surface area contributed by atoms with Gasteiger partial charge in [-0.3, -0.25) is 0 Å². The Bertz CT molecular complexity index is 240. The highest BCUT2D eigenvalue weighted by molar-refractivity contribution is 6.92. The summed E-state index contributed by atoms with van der Waals surface area (Å²) in [4.78, 5) is 3.11. The predicted molar refractivity (Wildman–Crippen MR) is 54.5 cm³/mol. The number of benzene rings is 1. The van der Waals surface area contributed by atoms with Gasteiger partial charge in [0.15, 0.2) is 0 Å². The summed E-state index contributed by atoms with van der Waals surface area (Å²) in [6.45, 7) is 3.08. The monoisotopic (exact) mass is 197 g/mol. The van der Waals surface area contributed by atoms with Crippen LogP contribution in [0.1, 0.15) is 11.1 Å². The van der Waals surface area contributed by atoms with Crippen molar-refractivity contribution in [2.24, 2.45) is 0 Å². The zero-order valence-electron chi connectivity index (χ0n) is 7.10. The maximum absolute atomic E-state index is 5.52. The van der Waals surface area contributed by atoms with E-state index in [-0.39, 0.29) is 0 Å². The molecule has 0 aromatic heterocycles. The van der Waals surface area contributed by atoms with Crippen LogP contribution >= 0.6 is 11.1 Å². The Morgan fingerprint density at radius 3 is 3.00 bits per heavy atom. The van der Waals surface area contributed by atoms with Crippen LogP contribution in [0, 0.1) is 6.92 Å². The number of aryl methyl sites for hydroxylation is 1. The number of hydrogen-bond donors (Lipinski definition) is 1. The van der Waals surface area contributed by atoms with Crippen LogP contribution in [0.3, 0.4) is 0 Å². The zero-order valence-corrected chi connectivity index (χ0v) is 8.86. The second-order valence-electron chi connectivity index (χ2n) is 2.76. The van der Waals surface area contributed by atoms with E-state index in [9.17, 15) is 0 Å². The third kappa shape index (κ3) is 3.39. The van der Waals surface area contributed by atoms with Crippen LogP contribution in [0.15, 0.2) is 24.3 Å². The molecule has 64 valence electrons. The summed E-state index contributed by atoms with van der Waals surface area (Å²) in [5.74, 6) is 0. The lowest BCUT2D eigenvalue weighted by Gasteiger charge is -2.01. The number of nitrogens with one attached hydrogen (secondary N) is 1. The van der Waals surface area contributed by atoms with Crippen LogP contribution in [0.4, 0.5) is 0 Å². The van der Waals surface area contributed by atoms with Crippen molar-refractivity contribution in [3.8, 4) is 0 Å². The van der Waals surface area contributed by atoms with Gasteiger partial charge in [0.05, 0.1) is 0 Å². The fraction of sp³-hybridized carbons (Fsp3) is 0.333. The van der Waals surface area contributed by atoms with E-state index in [1.807, 2.05) is 0 Å². The molecule has 0 bridgehead atoms. The number of rotatable bonds is 4. The first-order chi connectivity index (χ1) is 5.83. The van der Waals surface area contributed by atoms with Gasteiger partial charge in [0.1, 0.15) is 0 Å². The maximum atomic E-state index is 5.52. The molecule has 1 aromatic carbocycles. The third-order valence-electron chi connectivity index (χ3n) is 1.69. The highest BCUT2D eigenvalue weighted by Gasteiger charge is 1.92. The van der Waals surface area contributed by atoms with Crippen LogP contribution in [0.5, 0.6) is 0 Å². The SMILES string of the molecule is Cc1cccc(CCN[Si]Cl)c1. The summed E-state index contributed by atoms with van der Waals surface area (Å²) in [6.07, 6.45) is 1.06. The first-order valence-corrected chi connectivity index (χ1v) is 5.98. The van der Waals surface area contributed by atoms with Crippen LogP contribution in [-0.2, 0) is 6.42 Å². The molecule has 1 aromatic rings. The maximum Gasteiger partial charge on any atom is 0.270 e. The van der Waals surface area contributed by atoms with Gasteiger partial charge in [-0.25, -0.2) is 0 Å². The fourth-order valence-electron chi connectivity index (χ4n) is 1.12. The lowest BCUT2D eigenvalue weighted by molar-refractivity contribution is 0.894. The van der Waals surface area contributed by atoms with E-state index in [1.54, 1.807) is 0 Å². The molecule has 0 spiro atoms. The topological polar surface area (TPSA) is 12.0 Å². The molecule has 0 unspecified atom stereocenters. The van der Waals surface area contributed by atoms with E-state index in [2.05, 4.69) is 36.2 Å². The van der Waals surface area contributed by atoms with Crippen molar-refractivity contribution in [1.82, 2.24) is 4.98 Å². The quantitative estimate of drug-likeness (QED) is 0.442. The highest BCUT2D eigenvalue weighted by Crippen LogP contribution is 2.03. The van der Waals surface area contributed by atoms with Crippen LogP contribution in [0.2, 0.25) is 0 Å². The van der Waals surface area contributed by atoms with Gasteiger partial charge in [-0.1, -0.05) is 29.8 Å². The van der Waals surface area contributed by atoms with Gasteiger partial charge in [0.25, 0.3) is 8.99 Å². The minimum Gasteiger partial charge on any atom is -0.326 e. The molecule has 0 amide bonds. The number of halogens is 1. The molecule has 0 fully saturated rings. The summed E-state index contributed by atoms with van der Waals surface area (Å²) in [5.41, 5.74) is 2.69. The van der Waals surface area contributed by atoms with Crippen molar-refractivity contribution in [3.05, 3.63) is 35.4 Å².